The molecule has 1 heterocycles. The molecule has 1 aromatic rings. The molecule has 3 rings (SSSR count). The van der Waals surface area contributed by atoms with Crippen molar-refractivity contribution in [2.45, 2.75) is 50.6 Å². The fourth-order valence-electron chi connectivity index (χ4n) is 3.73. The summed E-state index contributed by atoms with van der Waals surface area (Å²) in [6.45, 7) is 0. The maximum absolute atomic E-state index is 12.6. The van der Waals surface area contributed by atoms with E-state index < -0.39 is 9.84 Å². The predicted octanol–water partition coefficient (Wildman–Crippen LogP) is 2.01. The Morgan fingerprint density at radius 3 is 2.19 bits per heavy atom. The van der Waals surface area contributed by atoms with E-state index in [-0.39, 0.29) is 35.4 Å². The average molecular weight is 378 g/mol. The van der Waals surface area contributed by atoms with Gasteiger partial charge in [-0.05, 0) is 43.5 Å². The normalized spacial score (nSPS) is 22.7. The van der Waals surface area contributed by atoms with Gasteiger partial charge in [0.15, 0.2) is 9.84 Å². The summed E-state index contributed by atoms with van der Waals surface area (Å²) in [6, 6.07) is 6.56. The van der Waals surface area contributed by atoms with Crippen molar-refractivity contribution >= 4 is 21.7 Å². The number of carbonyl (C=O) groups excluding carboxylic acids is 2. The summed E-state index contributed by atoms with van der Waals surface area (Å²) >= 11 is 0. The molecule has 1 aromatic carbocycles. The number of carbonyl (C=O) groups is 2. The third-order valence-corrected chi connectivity index (χ3v) is 7.16. The third-order valence-electron chi connectivity index (χ3n) is 5.41. The van der Waals surface area contributed by atoms with Crippen molar-refractivity contribution in [2.24, 2.45) is 0 Å². The van der Waals surface area contributed by atoms with Gasteiger partial charge in [0.2, 0.25) is 0 Å². The van der Waals surface area contributed by atoms with Gasteiger partial charge in [0.1, 0.15) is 0 Å². The third kappa shape index (κ3) is 4.44. The van der Waals surface area contributed by atoms with Crippen LogP contribution >= 0.6 is 0 Å². The summed E-state index contributed by atoms with van der Waals surface area (Å²) in [5.74, 6) is -0.162. The summed E-state index contributed by atoms with van der Waals surface area (Å²) in [7, 11) is -1.40. The number of rotatable bonds is 4. The Balaban J connectivity index is 1.61. The molecule has 0 aromatic heterocycles. The van der Waals surface area contributed by atoms with Crippen LogP contribution in [0.5, 0.6) is 0 Å². The van der Waals surface area contributed by atoms with Crippen molar-refractivity contribution in [1.29, 1.82) is 0 Å². The van der Waals surface area contributed by atoms with Crippen molar-refractivity contribution in [3.05, 3.63) is 35.4 Å². The Bertz CT molecular complexity index is 767. The Hall–Kier alpha value is -1.89. The van der Waals surface area contributed by atoms with E-state index in [1.807, 2.05) is 0 Å². The minimum absolute atomic E-state index is 0.0249. The van der Waals surface area contributed by atoms with Crippen molar-refractivity contribution in [3.8, 4) is 0 Å². The molecule has 2 amide bonds. The lowest BCUT2D eigenvalue weighted by molar-refractivity contribution is 0.0747. The molecule has 1 aliphatic carbocycles. The first-order valence-electron chi connectivity index (χ1n) is 9.24. The van der Waals surface area contributed by atoms with Gasteiger partial charge >= 0.3 is 0 Å². The van der Waals surface area contributed by atoms with Crippen LogP contribution in [-0.4, -0.2) is 55.8 Å². The van der Waals surface area contributed by atoms with Gasteiger partial charge in [-0.25, -0.2) is 8.42 Å². The number of nitrogens with zero attached hydrogens (tertiary/aromatic N) is 1. The molecule has 1 N–H and O–H groups in total. The number of amides is 2. The summed E-state index contributed by atoms with van der Waals surface area (Å²) < 4.78 is 23.2. The quantitative estimate of drug-likeness (QED) is 0.869. The summed E-state index contributed by atoms with van der Waals surface area (Å²) in [4.78, 5) is 26.4. The molecule has 142 valence electrons. The Morgan fingerprint density at radius 1 is 1.00 bits per heavy atom. The van der Waals surface area contributed by atoms with Gasteiger partial charge in [0, 0.05) is 30.3 Å². The average Bonchev–Trinajstić information content (AvgIpc) is 3.01. The monoisotopic (exact) mass is 378 g/mol. The predicted molar refractivity (Wildman–Crippen MR) is 99.9 cm³/mol. The summed E-state index contributed by atoms with van der Waals surface area (Å²) in [6.07, 6.45) is 6.07. The minimum Gasteiger partial charge on any atom is -0.349 e. The number of sulfone groups is 1. The van der Waals surface area contributed by atoms with Crippen LogP contribution in [0.2, 0.25) is 0 Å². The highest BCUT2D eigenvalue weighted by Gasteiger charge is 2.33. The van der Waals surface area contributed by atoms with Crippen LogP contribution in [0, 0.1) is 0 Å². The number of nitrogens with one attached hydrogen (secondary N) is 1. The lowest BCUT2D eigenvalue weighted by atomic mass is 9.95. The summed E-state index contributed by atoms with van der Waals surface area (Å²) in [5.41, 5.74) is 1.00. The molecular formula is C19H26N2O4S. The van der Waals surface area contributed by atoms with Gasteiger partial charge in [-0.15, -0.1) is 0 Å². The van der Waals surface area contributed by atoms with E-state index in [9.17, 15) is 18.0 Å². The van der Waals surface area contributed by atoms with E-state index in [1.165, 1.54) is 11.3 Å². The molecule has 6 nitrogen and oxygen atoms in total. The first-order chi connectivity index (χ1) is 12.4. The SMILES string of the molecule is CN(C(=O)c1ccc(C(=O)NC2CCCCC2)cc1)C1CCS(=O)(=O)C1. The highest BCUT2D eigenvalue weighted by molar-refractivity contribution is 7.91. The van der Waals surface area contributed by atoms with Crippen molar-refractivity contribution < 1.29 is 18.0 Å². The molecule has 1 unspecified atom stereocenters. The zero-order valence-corrected chi connectivity index (χ0v) is 15.9. The zero-order chi connectivity index (χ0) is 18.7. The van der Waals surface area contributed by atoms with E-state index in [4.69, 9.17) is 0 Å². The lowest BCUT2D eigenvalue weighted by Gasteiger charge is -2.24. The fraction of sp³-hybridized carbons (Fsp3) is 0.579. The largest absolute Gasteiger partial charge is 0.349 e. The van der Waals surface area contributed by atoms with Gasteiger partial charge < -0.3 is 10.2 Å². The van der Waals surface area contributed by atoms with E-state index in [1.54, 1.807) is 31.3 Å². The van der Waals surface area contributed by atoms with Crippen molar-refractivity contribution in [3.63, 3.8) is 0 Å². The molecule has 0 bridgehead atoms. The Labute approximate surface area is 154 Å². The second-order valence-corrected chi connectivity index (χ2v) is 9.59. The van der Waals surface area contributed by atoms with Crippen molar-refractivity contribution in [2.75, 3.05) is 18.6 Å². The molecule has 1 saturated heterocycles. The molecule has 2 aliphatic rings. The van der Waals surface area contributed by atoms with Crippen molar-refractivity contribution in [1.82, 2.24) is 10.2 Å². The van der Waals surface area contributed by atoms with E-state index >= 15 is 0 Å². The molecule has 26 heavy (non-hydrogen) atoms. The van der Waals surface area contributed by atoms with Crippen LogP contribution in [0.25, 0.3) is 0 Å². The van der Waals surface area contributed by atoms with Crippen LogP contribution in [0.1, 0.15) is 59.2 Å². The summed E-state index contributed by atoms with van der Waals surface area (Å²) in [5, 5.41) is 3.06. The van der Waals surface area contributed by atoms with Crippen LogP contribution in [-0.2, 0) is 9.84 Å². The molecule has 1 saturated carbocycles. The standard InChI is InChI=1S/C19H26N2O4S/c1-21(17-11-12-26(24,25)13-17)19(23)15-9-7-14(8-10-15)18(22)20-16-5-3-2-4-6-16/h7-10,16-17H,2-6,11-13H2,1H3,(H,20,22). The molecule has 0 radical (unpaired) electrons. The first-order valence-corrected chi connectivity index (χ1v) is 11.1. The maximum atomic E-state index is 12.6. The zero-order valence-electron chi connectivity index (χ0n) is 15.1. The Kier molecular flexibility index (Phi) is 5.65. The van der Waals surface area contributed by atoms with Crippen LogP contribution in [0.15, 0.2) is 24.3 Å². The molecule has 1 aliphatic heterocycles. The van der Waals surface area contributed by atoms with E-state index in [0.29, 0.717) is 17.5 Å². The molecule has 0 spiro atoms. The Morgan fingerprint density at radius 2 is 1.62 bits per heavy atom. The number of hydrogen-bond donors (Lipinski definition) is 1. The van der Waals surface area contributed by atoms with Gasteiger partial charge in [-0.1, -0.05) is 19.3 Å². The second kappa shape index (κ2) is 7.78. The van der Waals surface area contributed by atoms with Gasteiger partial charge in [-0.3, -0.25) is 9.59 Å². The number of benzene rings is 1. The van der Waals surface area contributed by atoms with Crippen LogP contribution < -0.4 is 5.32 Å². The maximum Gasteiger partial charge on any atom is 0.253 e. The van der Waals surface area contributed by atoms with E-state index in [2.05, 4.69) is 5.32 Å². The fourth-order valence-corrected chi connectivity index (χ4v) is 5.50. The molecule has 1 atom stereocenters. The van der Waals surface area contributed by atoms with E-state index in [0.717, 1.165) is 25.7 Å². The van der Waals surface area contributed by atoms with Crippen LogP contribution in [0.4, 0.5) is 0 Å². The minimum atomic E-state index is -3.04. The smallest absolute Gasteiger partial charge is 0.253 e. The highest BCUT2D eigenvalue weighted by atomic mass is 32.2. The topological polar surface area (TPSA) is 83.6 Å². The van der Waals surface area contributed by atoms with Gasteiger partial charge in [0.25, 0.3) is 11.8 Å². The highest BCUT2D eigenvalue weighted by Crippen LogP contribution is 2.20. The molecule has 2 fully saturated rings. The molecule has 7 heteroatoms. The number of hydrogen-bond acceptors (Lipinski definition) is 4. The lowest BCUT2D eigenvalue weighted by Crippen LogP contribution is -2.38. The van der Waals surface area contributed by atoms with Crippen LogP contribution in [0.3, 0.4) is 0 Å². The second-order valence-electron chi connectivity index (χ2n) is 7.36. The van der Waals surface area contributed by atoms with Gasteiger partial charge in [0.05, 0.1) is 11.5 Å². The molecular weight excluding hydrogens is 352 g/mol. The van der Waals surface area contributed by atoms with Gasteiger partial charge in [-0.2, -0.15) is 0 Å². The first kappa shape index (κ1) is 18.9.